The van der Waals surface area contributed by atoms with E-state index in [1.165, 1.54) is 17.7 Å². The summed E-state index contributed by atoms with van der Waals surface area (Å²) in [6.45, 7) is 7.54. The van der Waals surface area contributed by atoms with Crippen LogP contribution < -0.4 is 5.56 Å². The van der Waals surface area contributed by atoms with Crippen LogP contribution in [0.1, 0.15) is 22.2 Å². The van der Waals surface area contributed by atoms with Gasteiger partial charge >= 0.3 is 0 Å². The van der Waals surface area contributed by atoms with Gasteiger partial charge < -0.3 is 14.4 Å². The lowest BCUT2D eigenvalue weighted by atomic mass is 10.2. The SMILES string of the molecule is CCOCCn1cnc2sc(C(=O)N3CCOCC3)c(C)c2c1=O. The van der Waals surface area contributed by atoms with E-state index in [1.54, 1.807) is 9.47 Å². The lowest BCUT2D eigenvalue weighted by Crippen LogP contribution is -2.40. The fourth-order valence-electron chi connectivity index (χ4n) is 2.74. The molecule has 1 fully saturated rings. The molecule has 1 aliphatic heterocycles. The number of amides is 1. The first-order valence-electron chi connectivity index (χ1n) is 8.06. The number of nitrogens with zero attached hydrogens (tertiary/aromatic N) is 3. The Labute approximate surface area is 143 Å². The molecule has 0 bridgehead atoms. The van der Waals surface area contributed by atoms with Crippen LogP contribution in [0.3, 0.4) is 0 Å². The number of carbonyl (C=O) groups is 1. The van der Waals surface area contributed by atoms with Crippen molar-refractivity contribution in [2.24, 2.45) is 0 Å². The quantitative estimate of drug-likeness (QED) is 0.759. The number of aryl methyl sites for hydroxylation is 1. The summed E-state index contributed by atoms with van der Waals surface area (Å²) < 4.78 is 12.1. The normalized spacial score (nSPS) is 15.2. The predicted molar refractivity (Wildman–Crippen MR) is 91.8 cm³/mol. The molecule has 8 heteroatoms. The Morgan fingerprint density at radius 2 is 2.17 bits per heavy atom. The Bertz CT molecular complexity index is 792. The lowest BCUT2D eigenvalue weighted by molar-refractivity contribution is 0.0306. The van der Waals surface area contributed by atoms with Crippen LogP contribution in [-0.4, -0.2) is 59.9 Å². The molecule has 24 heavy (non-hydrogen) atoms. The van der Waals surface area contributed by atoms with Gasteiger partial charge in [-0.25, -0.2) is 4.98 Å². The Morgan fingerprint density at radius 1 is 1.42 bits per heavy atom. The topological polar surface area (TPSA) is 73.7 Å². The summed E-state index contributed by atoms with van der Waals surface area (Å²) in [6.07, 6.45) is 1.53. The summed E-state index contributed by atoms with van der Waals surface area (Å²) in [6, 6.07) is 0. The molecule has 1 aliphatic rings. The third-order valence-corrected chi connectivity index (χ3v) is 5.28. The minimum absolute atomic E-state index is 0.0425. The highest BCUT2D eigenvalue weighted by molar-refractivity contribution is 7.20. The molecule has 0 saturated carbocycles. The van der Waals surface area contributed by atoms with Crippen LogP contribution in [0.15, 0.2) is 11.1 Å². The molecular formula is C16H21N3O4S. The van der Waals surface area contributed by atoms with E-state index in [9.17, 15) is 9.59 Å². The minimum Gasteiger partial charge on any atom is -0.380 e. The first-order chi connectivity index (χ1) is 11.6. The number of carbonyl (C=O) groups excluding carboxylic acids is 1. The Hall–Kier alpha value is -1.77. The first-order valence-corrected chi connectivity index (χ1v) is 8.88. The Balaban J connectivity index is 1.93. The summed E-state index contributed by atoms with van der Waals surface area (Å²) in [7, 11) is 0. The highest BCUT2D eigenvalue weighted by Gasteiger charge is 2.24. The molecule has 3 rings (SSSR count). The monoisotopic (exact) mass is 351 g/mol. The minimum atomic E-state index is -0.116. The van der Waals surface area contributed by atoms with Gasteiger partial charge in [-0.05, 0) is 19.4 Å². The third-order valence-electron chi connectivity index (χ3n) is 4.09. The number of ether oxygens (including phenoxy) is 2. The largest absolute Gasteiger partial charge is 0.380 e. The number of morpholine rings is 1. The lowest BCUT2D eigenvalue weighted by Gasteiger charge is -2.26. The van der Waals surface area contributed by atoms with E-state index in [2.05, 4.69) is 4.98 Å². The first kappa shape index (κ1) is 17.1. The summed E-state index contributed by atoms with van der Waals surface area (Å²) in [5.41, 5.74) is 0.601. The fraction of sp³-hybridized carbons (Fsp3) is 0.562. The standard InChI is InChI=1S/C16H21N3O4S/c1-3-22-7-6-19-10-17-14-12(15(19)20)11(2)13(24-14)16(21)18-4-8-23-9-5-18/h10H,3-9H2,1-2H3. The van der Waals surface area contributed by atoms with Gasteiger partial charge in [0, 0.05) is 19.7 Å². The molecule has 0 unspecified atom stereocenters. The molecule has 0 N–H and O–H groups in total. The molecule has 3 heterocycles. The van der Waals surface area contributed by atoms with Crippen LogP contribution in [0.4, 0.5) is 0 Å². The molecule has 7 nitrogen and oxygen atoms in total. The summed E-state index contributed by atoms with van der Waals surface area (Å²) in [4.78, 5) is 32.7. The maximum absolute atomic E-state index is 12.7. The molecule has 1 amide bonds. The molecule has 2 aromatic rings. The van der Waals surface area contributed by atoms with Gasteiger partial charge in [0.05, 0.1) is 43.0 Å². The van der Waals surface area contributed by atoms with E-state index in [-0.39, 0.29) is 11.5 Å². The number of hydrogen-bond donors (Lipinski definition) is 0. The second kappa shape index (κ2) is 7.42. The Morgan fingerprint density at radius 3 is 2.88 bits per heavy atom. The molecule has 130 valence electrons. The maximum Gasteiger partial charge on any atom is 0.264 e. The summed E-state index contributed by atoms with van der Waals surface area (Å²) in [5.74, 6) is -0.0425. The molecule has 1 saturated heterocycles. The summed E-state index contributed by atoms with van der Waals surface area (Å²) in [5, 5.41) is 0.538. The smallest absolute Gasteiger partial charge is 0.264 e. The van der Waals surface area contributed by atoms with Gasteiger partial charge in [0.25, 0.3) is 11.5 Å². The summed E-state index contributed by atoms with van der Waals surface area (Å²) >= 11 is 1.29. The van der Waals surface area contributed by atoms with Crippen molar-refractivity contribution in [3.63, 3.8) is 0 Å². The van der Waals surface area contributed by atoms with E-state index < -0.39 is 0 Å². The van der Waals surface area contributed by atoms with Crippen molar-refractivity contribution in [2.75, 3.05) is 39.5 Å². The van der Waals surface area contributed by atoms with E-state index in [0.717, 1.165) is 5.56 Å². The number of thiophene rings is 1. The van der Waals surface area contributed by atoms with Crippen molar-refractivity contribution in [1.29, 1.82) is 0 Å². The average molecular weight is 351 g/mol. The molecule has 0 aliphatic carbocycles. The van der Waals surface area contributed by atoms with Gasteiger partial charge in [0.1, 0.15) is 4.83 Å². The van der Waals surface area contributed by atoms with E-state index in [1.807, 2.05) is 13.8 Å². The number of fused-ring (bicyclic) bond motifs is 1. The zero-order chi connectivity index (χ0) is 17.1. The zero-order valence-electron chi connectivity index (χ0n) is 13.9. The van der Waals surface area contributed by atoms with Gasteiger partial charge in [0.15, 0.2) is 0 Å². The number of rotatable bonds is 5. The van der Waals surface area contributed by atoms with Crippen LogP contribution in [0.2, 0.25) is 0 Å². The highest BCUT2D eigenvalue weighted by Crippen LogP contribution is 2.28. The second-order valence-corrected chi connectivity index (χ2v) is 6.58. The van der Waals surface area contributed by atoms with Crippen LogP contribution in [0.5, 0.6) is 0 Å². The predicted octanol–water partition coefficient (Wildman–Crippen LogP) is 1.28. The van der Waals surface area contributed by atoms with Crippen LogP contribution in [0.25, 0.3) is 10.2 Å². The van der Waals surface area contributed by atoms with Gasteiger partial charge in [0.2, 0.25) is 0 Å². The van der Waals surface area contributed by atoms with Crippen molar-refractivity contribution in [1.82, 2.24) is 14.5 Å². The van der Waals surface area contributed by atoms with Crippen molar-refractivity contribution in [3.05, 3.63) is 27.1 Å². The molecule has 0 atom stereocenters. The molecule has 2 aromatic heterocycles. The van der Waals surface area contributed by atoms with Gasteiger partial charge in [-0.2, -0.15) is 0 Å². The molecule has 0 aromatic carbocycles. The van der Waals surface area contributed by atoms with Gasteiger partial charge in [-0.3, -0.25) is 14.2 Å². The van der Waals surface area contributed by atoms with Crippen molar-refractivity contribution in [3.8, 4) is 0 Å². The zero-order valence-corrected chi connectivity index (χ0v) is 14.7. The molecular weight excluding hydrogens is 330 g/mol. The van der Waals surface area contributed by atoms with Crippen molar-refractivity contribution >= 4 is 27.5 Å². The molecule has 0 radical (unpaired) electrons. The van der Waals surface area contributed by atoms with Crippen molar-refractivity contribution < 1.29 is 14.3 Å². The van der Waals surface area contributed by atoms with Gasteiger partial charge in [-0.1, -0.05) is 0 Å². The number of aromatic nitrogens is 2. The Kier molecular flexibility index (Phi) is 5.27. The van der Waals surface area contributed by atoms with Crippen molar-refractivity contribution in [2.45, 2.75) is 20.4 Å². The van der Waals surface area contributed by atoms with Crippen LogP contribution in [0, 0.1) is 6.92 Å². The van der Waals surface area contributed by atoms with E-state index in [4.69, 9.17) is 9.47 Å². The van der Waals surface area contributed by atoms with E-state index in [0.29, 0.717) is 61.2 Å². The molecule has 0 spiro atoms. The van der Waals surface area contributed by atoms with E-state index >= 15 is 0 Å². The average Bonchev–Trinajstić information content (AvgIpc) is 2.94. The fourth-order valence-corrected chi connectivity index (χ4v) is 3.85. The maximum atomic E-state index is 12.7. The van der Waals surface area contributed by atoms with Crippen LogP contribution >= 0.6 is 11.3 Å². The van der Waals surface area contributed by atoms with Gasteiger partial charge in [-0.15, -0.1) is 11.3 Å². The number of hydrogen-bond acceptors (Lipinski definition) is 6. The highest BCUT2D eigenvalue weighted by atomic mass is 32.1. The van der Waals surface area contributed by atoms with Crippen LogP contribution in [-0.2, 0) is 16.0 Å². The third kappa shape index (κ3) is 3.22. The second-order valence-electron chi connectivity index (χ2n) is 5.58.